The van der Waals surface area contributed by atoms with Crippen molar-refractivity contribution in [2.45, 2.75) is 6.92 Å². The summed E-state index contributed by atoms with van der Waals surface area (Å²) in [5.74, 6) is 0.873. The molecule has 0 saturated carbocycles. The van der Waals surface area contributed by atoms with Crippen molar-refractivity contribution in [3.05, 3.63) is 12.1 Å². The first-order valence-corrected chi connectivity index (χ1v) is 3.13. The van der Waals surface area contributed by atoms with Crippen LogP contribution in [-0.4, -0.2) is 18.1 Å². The first-order valence-electron chi connectivity index (χ1n) is 3.13. The highest BCUT2D eigenvalue weighted by Crippen LogP contribution is 2.07. The van der Waals surface area contributed by atoms with E-state index in [-0.39, 0.29) is 6.03 Å². The van der Waals surface area contributed by atoms with Crippen molar-refractivity contribution in [3.63, 3.8) is 0 Å². The Morgan fingerprint density at radius 3 is 2.91 bits per heavy atom. The van der Waals surface area contributed by atoms with Crippen LogP contribution in [0.4, 0.5) is 10.7 Å². The summed E-state index contributed by atoms with van der Waals surface area (Å²) in [6.45, 7) is 1.70. The Labute approximate surface area is 63.8 Å². The molecule has 5 nitrogen and oxygen atoms in total. The Balaban J connectivity index is 2.57. The predicted octanol–water partition coefficient (Wildman–Crippen LogP) is 0.734. The minimum Gasteiger partial charge on any atom is -0.425 e. The number of hydrogen-bond acceptors (Lipinski definition) is 3. The predicted molar refractivity (Wildman–Crippen MR) is 39.3 cm³/mol. The van der Waals surface area contributed by atoms with Gasteiger partial charge in [0.05, 0.1) is 6.20 Å². The van der Waals surface area contributed by atoms with Gasteiger partial charge < -0.3 is 9.73 Å². The quantitative estimate of drug-likeness (QED) is 0.628. The van der Waals surface area contributed by atoms with Gasteiger partial charge in [0.1, 0.15) is 0 Å². The van der Waals surface area contributed by atoms with Gasteiger partial charge in [0.15, 0.2) is 5.89 Å². The summed E-state index contributed by atoms with van der Waals surface area (Å²) in [4.78, 5) is 14.5. The van der Waals surface area contributed by atoms with Crippen LogP contribution in [0.1, 0.15) is 5.89 Å². The van der Waals surface area contributed by atoms with Crippen molar-refractivity contribution >= 4 is 11.9 Å². The number of oxazole rings is 1. The standard InChI is InChI=1S/C6H9N3O2/c1-4-8-3-5(11-4)9-6(10)7-2/h3H,1-2H3,(H2,7,9,10). The summed E-state index contributed by atoms with van der Waals surface area (Å²) in [6.07, 6.45) is 1.45. The minimum absolute atomic E-state index is 0.318. The summed E-state index contributed by atoms with van der Waals surface area (Å²) in [6, 6.07) is -0.318. The van der Waals surface area contributed by atoms with Crippen molar-refractivity contribution in [1.29, 1.82) is 0 Å². The van der Waals surface area contributed by atoms with Gasteiger partial charge in [-0.25, -0.2) is 9.78 Å². The normalized spacial score (nSPS) is 9.27. The molecule has 60 valence electrons. The van der Waals surface area contributed by atoms with E-state index < -0.39 is 0 Å². The van der Waals surface area contributed by atoms with Crippen LogP contribution in [0.25, 0.3) is 0 Å². The molecule has 1 aromatic heterocycles. The van der Waals surface area contributed by atoms with Gasteiger partial charge in [0, 0.05) is 14.0 Å². The SMILES string of the molecule is CNC(=O)Nc1cnc(C)o1. The summed E-state index contributed by atoms with van der Waals surface area (Å²) < 4.78 is 4.97. The van der Waals surface area contributed by atoms with E-state index in [1.54, 1.807) is 6.92 Å². The zero-order chi connectivity index (χ0) is 8.27. The molecule has 0 bridgehead atoms. The molecular formula is C6H9N3O2. The highest BCUT2D eigenvalue weighted by atomic mass is 16.4. The highest BCUT2D eigenvalue weighted by molar-refractivity contribution is 5.87. The van der Waals surface area contributed by atoms with Gasteiger partial charge in [0.2, 0.25) is 5.88 Å². The van der Waals surface area contributed by atoms with Crippen LogP contribution in [0, 0.1) is 6.92 Å². The number of urea groups is 1. The van der Waals surface area contributed by atoms with Crippen LogP contribution in [0.2, 0.25) is 0 Å². The number of aromatic nitrogens is 1. The molecule has 5 heteroatoms. The zero-order valence-corrected chi connectivity index (χ0v) is 6.34. The molecule has 1 heterocycles. The summed E-state index contributed by atoms with van der Waals surface area (Å²) in [5, 5.41) is 4.82. The maximum Gasteiger partial charge on any atom is 0.321 e. The van der Waals surface area contributed by atoms with Crippen LogP contribution in [-0.2, 0) is 0 Å². The molecule has 0 spiro atoms. The first-order chi connectivity index (χ1) is 5.22. The van der Waals surface area contributed by atoms with E-state index in [1.807, 2.05) is 0 Å². The van der Waals surface area contributed by atoms with E-state index in [2.05, 4.69) is 15.6 Å². The van der Waals surface area contributed by atoms with Gasteiger partial charge in [-0.1, -0.05) is 0 Å². The third-order valence-electron chi connectivity index (χ3n) is 1.09. The Hall–Kier alpha value is -1.52. The maximum atomic E-state index is 10.7. The van der Waals surface area contributed by atoms with E-state index >= 15 is 0 Å². The average molecular weight is 155 g/mol. The molecule has 2 N–H and O–H groups in total. The zero-order valence-electron chi connectivity index (χ0n) is 6.34. The Morgan fingerprint density at radius 2 is 2.45 bits per heavy atom. The Kier molecular flexibility index (Phi) is 2.10. The molecule has 11 heavy (non-hydrogen) atoms. The lowest BCUT2D eigenvalue weighted by Crippen LogP contribution is -2.24. The second-order valence-corrected chi connectivity index (χ2v) is 1.95. The van der Waals surface area contributed by atoms with Crippen LogP contribution < -0.4 is 10.6 Å². The summed E-state index contributed by atoms with van der Waals surface area (Å²) in [7, 11) is 1.53. The molecule has 0 aromatic carbocycles. The van der Waals surface area contributed by atoms with E-state index in [9.17, 15) is 4.79 Å². The summed E-state index contributed by atoms with van der Waals surface area (Å²) in [5.41, 5.74) is 0. The first kappa shape index (κ1) is 7.59. The fourth-order valence-corrected chi connectivity index (χ4v) is 0.594. The topological polar surface area (TPSA) is 67.2 Å². The van der Waals surface area contributed by atoms with Crippen LogP contribution >= 0.6 is 0 Å². The monoisotopic (exact) mass is 155 g/mol. The van der Waals surface area contributed by atoms with Crippen molar-refractivity contribution < 1.29 is 9.21 Å². The number of hydrogen-bond donors (Lipinski definition) is 2. The van der Waals surface area contributed by atoms with Gasteiger partial charge in [0.25, 0.3) is 0 Å². The largest absolute Gasteiger partial charge is 0.425 e. The van der Waals surface area contributed by atoms with E-state index in [0.29, 0.717) is 11.8 Å². The van der Waals surface area contributed by atoms with Crippen molar-refractivity contribution in [2.75, 3.05) is 12.4 Å². The number of aryl methyl sites for hydroxylation is 1. The number of amides is 2. The molecule has 0 fully saturated rings. The van der Waals surface area contributed by atoms with Gasteiger partial charge in [-0.3, -0.25) is 5.32 Å². The Bertz CT molecular complexity index is 256. The molecule has 0 saturated heterocycles. The molecule has 0 aliphatic carbocycles. The fraction of sp³-hybridized carbons (Fsp3) is 0.333. The highest BCUT2D eigenvalue weighted by Gasteiger charge is 2.01. The van der Waals surface area contributed by atoms with E-state index in [1.165, 1.54) is 13.2 Å². The molecule has 0 radical (unpaired) electrons. The summed E-state index contributed by atoms with van der Waals surface area (Å²) >= 11 is 0. The van der Waals surface area contributed by atoms with E-state index in [4.69, 9.17) is 4.42 Å². The Morgan fingerprint density at radius 1 is 1.73 bits per heavy atom. The number of carbonyl (C=O) groups excluding carboxylic acids is 1. The lowest BCUT2D eigenvalue weighted by atomic mass is 10.7. The van der Waals surface area contributed by atoms with E-state index in [0.717, 1.165) is 0 Å². The number of nitrogens with one attached hydrogen (secondary N) is 2. The molecule has 0 unspecified atom stereocenters. The molecule has 1 aromatic rings. The van der Waals surface area contributed by atoms with Crippen LogP contribution in [0.3, 0.4) is 0 Å². The lowest BCUT2D eigenvalue weighted by molar-refractivity contribution is 0.253. The number of rotatable bonds is 1. The van der Waals surface area contributed by atoms with Crippen molar-refractivity contribution in [3.8, 4) is 0 Å². The molecule has 2 amide bonds. The van der Waals surface area contributed by atoms with Crippen LogP contribution in [0.5, 0.6) is 0 Å². The lowest BCUT2D eigenvalue weighted by Gasteiger charge is -1.97. The second kappa shape index (κ2) is 3.05. The maximum absolute atomic E-state index is 10.7. The van der Waals surface area contributed by atoms with Crippen LogP contribution in [0.15, 0.2) is 10.6 Å². The minimum atomic E-state index is -0.318. The third-order valence-corrected chi connectivity index (χ3v) is 1.09. The molecule has 1 rings (SSSR count). The number of nitrogens with zero attached hydrogens (tertiary/aromatic N) is 1. The second-order valence-electron chi connectivity index (χ2n) is 1.95. The van der Waals surface area contributed by atoms with Crippen molar-refractivity contribution in [1.82, 2.24) is 10.3 Å². The van der Waals surface area contributed by atoms with Gasteiger partial charge >= 0.3 is 6.03 Å². The fourth-order valence-electron chi connectivity index (χ4n) is 0.594. The van der Waals surface area contributed by atoms with Gasteiger partial charge in [-0.05, 0) is 0 Å². The smallest absolute Gasteiger partial charge is 0.321 e. The average Bonchev–Trinajstić information content (AvgIpc) is 2.35. The molecule has 0 aliphatic rings. The number of carbonyl (C=O) groups is 1. The number of anilines is 1. The van der Waals surface area contributed by atoms with Gasteiger partial charge in [-0.15, -0.1) is 0 Å². The third kappa shape index (κ3) is 1.96. The molecule has 0 aliphatic heterocycles. The molecular weight excluding hydrogens is 146 g/mol. The van der Waals surface area contributed by atoms with Crippen molar-refractivity contribution in [2.24, 2.45) is 0 Å². The van der Waals surface area contributed by atoms with Gasteiger partial charge in [-0.2, -0.15) is 0 Å². The molecule has 0 atom stereocenters.